The van der Waals surface area contributed by atoms with Crippen LogP contribution in [0.2, 0.25) is 5.15 Å². The van der Waals surface area contributed by atoms with Gasteiger partial charge in [-0.05, 0) is 20.8 Å². The van der Waals surface area contributed by atoms with Crippen molar-refractivity contribution < 1.29 is 9.21 Å². The minimum absolute atomic E-state index is 0.155. The van der Waals surface area contributed by atoms with E-state index in [1.165, 1.54) is 13.0 Å². The average molecular weight is 291 g/mol. The lowest BCUT2D eigenvalue weighted by Crippen LogP contribution is -1.99. The number of furan rings is 1. The highest BCUT2D eigenvalue weighted by Crippen LogP contribution is 2.29. The average Bonchev–Trinajstić information content (AvgIpc) is 2.63. The van der Waals surface area contributed by atoms with Gasteiger partial charge in [0.25, 0.3) is 0 Å². The molecule has 0 bridgehead atoms. The van der Waals surface area contributed by atoms with Gasteiger partial charge in [0.15, 0.2) is 5.78 Å². The number of halogens is 1. The Labute approximate surface area is 120 Å². The summed E-state index contributed by atoms with van der Waals surface area (Å²) in [7, 11) is 0. The molecule has 6 nitrogen and oxygen atoms in total. The van der Waals surface area contributed by atoms with Gasteiger partial charge in [-0.3, -0.25) is 4.79 Å². The van der Waals surface area contributed by atoms with E-state index in [1.807, 2.05) is 6.07 Å². The molecule has 20 heavy (non-hydrogen) atoms. The zero-order chi connectivity index (χ0) is 14.9. The van der Waals surface area contributed by atoms with Crippen LogP contribution in [-0.2, 0) is 0 Å². The lowest BCUT2D eigenvalue weighted by atomic mass is 10.1. The first-order valence-corrected chi connectivity index (χ1v) is 6.12. The van der Waals surface area contributed by atoms with Crippen molar-refractivity contribution in [3.63, 3.8) is 0 Å². The van der Waals surface area contributed by atoms with Crippen molar-refractivity contribution >= 4 is 29.1 Å². The summed E-state index contributed by atoms with van der Waals surface area (Å²) < 4.78 is 5.42. The van der Waals surface area contributed by atoms with E-state index in [-0.39, 0.29) is 27.9 Å². The molecular weight excluding hydrogens is 280 g/mol. The van der Waals surface area contributed by atoms with Crippen LogP contribution in [0.25, 0.3) is 0 Å². The van der Waals surface area contributed by atoms with Crippen LogP contribution in [0.3, 0.4) is 0 Å². The van der Waals surface area contributed by atoms with Crippen molar-refractivity contribution in [3.8, 4) is 6.07 Å². The number of nitriles is 1. The number of carbonyl (C=O) groups is 1. The summed E-state index contributed by atoms with van der Waals surface area (Å²) in [4.78, 5) is 19.6. The summed E-state index contributed by atoms with van der Waals surface area (Å²) in [5.74, 6) is 1.20. The smallest absolute Gasteiger partial charge is 0.217 e. The van der Waals surface area contributed by atoms with Gasteiger partial charge in [0.2, 0.25) is 5.88 Å². The van der Waals surface area contributed by atoms with E-state index in [4.69, 9.17) is 16.0 Å². The highest BCUT2D eigenvalue weighted by atomic mass is 35.5. The third-order valence-corrected chi connectivity index (χ3v) is 2.79. The topological polar surface area (TPSA) is 91.8 Å². The number of Topliss-reactive ketones (excluding diaryl/α,β-unsaturated/α-hetero) is 1. The van der Waals surface area contributed by atoms with E-state index in [0.717, 1.165) is 0 Å². The van der Waals surface area contributed by atoms with Crippen LogP contribution in [0, 0.1) is 25.2 Å². The first kappa shape index (κ1) is 14.0. The van der Waals surface area contributed by atoms with Crippen LogP contribution in [0.15, 0.2) is 10.5 Å². The number of hydrogen-bond acceptors (Lipinski definition) is 6. The molecule has 2 rings (SSSR count). The van der Waals surface area contributed by atoms with Crippen LogP contribution < -0.4 is 5.32 Å². The molecule has 0 aliphatic carbocycles. The van der Waals surface area contributed by atoms with Gasteiger partial charge in [-0.25, -0.2) is 9.97 Å². The standard InChI is InChI=1S/C13H11ClN4O2/c1-6(19)12-7(2)20-13(9(12)5-15)18-11-4-10(14)16-8(3)17-11/h4H,1-3H3,(H,16,17,18). The van der Waals surface area contributed by atoms with Crippen LogP contribution in [-0.4, -0.2) is 15.8 Å². The van der Waals surface area contributed by atoms with Crippen LogP contribution >= 0.6 is 11.6 Å². The Bertz CT molecular complexity index is 710. The number of ketones is 1. The number of anilines is 2. The van der Waals surface area contributed by atoms with Crippen LogP contribution in [0.5, 0.6) is 0 Å². The minimum atomic E-state index is -0.229. The Kier molecular flexibility index (Phi) is 3.72. The Morgan fingerprint density at radius 3 is 2.70 bits per heavy atom. The Balaban J connectivity index is 2.47. The second kappa shape index (κ2) is 5.31. The Morgan fingerprint density at radius 2 is 2.15 bits per heavy atom. The zero-order valence-corrected chi connectivity index (χ0v) is 11.9. The van der Waals surface area contributed by atoms with Crippen LogP contribution in [0.1, 0.15) is 34.4 Å². The predicted octanol–water partition coefficient (Wildman–Crippen LogP) is 3.16. The second-order valence-corrected chi connectivity index (χ2v) is 4.54. The van der Waals surface area contributed by atoms with E-state index in [2.05, 4.69) is 15.3 Å². The van der Waals surface area contributed by atoms with Gasteiger partial charge in [-0.2, -0.15) is 5.26 Å². The fourth-order valence-electron chi connectivity index (χ4n) is 1.87. The number of aromatic nitrogens is 2. The number of carbonyl (C=O) groups excluding carboxylic acids is 1. The molecular formula is C13H11ClN4O2. The van der Waals surface area contributed by atoms with Crippen molar-refractivity contribution in [2.75, 3.05) is 5.32 Å². The van der Waals surface area contributed by atoms with E-state index in [1.54, 1.807) is 13.8 Å². The molecule has 0 fully saturated rings. The van der Waals surface area contributed by atoms with Gasteiger partial charge in [-0.15, -0.1) is 0 Å². The van der Waals surface area contributed by atoms with Gasteiger partial charge in [-0.1, -0.05) is 11.6 Å². The van der Waals surface area contributed by atoms with Crippen molar-refractivity contribution in [1.82, 2.24) is 9.97 Å². The molecule has 0 aromatic carbocycles. The molecule has 2 heterocycles. The van der Waals surface area contributed by atoms with Gasteiger partial charge < -0.3 is 9.73 Å². The molecule has 2 aromatic heterocycles. The quantitative estimate of drug-likeness (QED) is 0.689. The second-order valence-electron chi connectivity index (χ2n) is 4.15. The van der Waals surface area contributed by atoms with Gasteiger partial charge in [0.1, 0.15) is 34.2 Å². The number of nitrogens with one attached hydrogen (secondary N) is 1. The third-order valence-electron chi connectivity index (χ3n) is 2.60. The first-order valence-electron chi connectivity index (χ1n) is 5.75. The molecule has 0 spiro atoms. The van der Waals surface area contributed by atoms with E-state index < -0.39 is 0 Å². The highest BCUT2D eigenvalue weighted by molar-refractivity contribution is 6.29. The normalized spacial score (nSPS) is 10.2. The zero-order valence-electron chi connectivity index (χ0n) is 11.1. The third kappa shape index (κ3) is 2.63. The number of rotatable bonds is 3. The predicted molar refractivity (Wildman–Crippen MR) is 73.2 cm³/mol. The monoisotopic (exact) mass is 290 g/mol. The number of hydrogen-bond donors (Lipinski definition) is 1. The van der Waals surface area contributed by atoms with Gasteiger partial charge in [0, 0.05) is 6.07 Å². The highest BCUT2D eigenvalue weighted by Gasteiger charge is 2.21. The molecule has 0 amide bonds. The molecule has 0 radical (unpaired) electrons. The van der Waals surface area contributed by atoms with E-state index >= 15 is 0 Å². The molecule has 0 unspecified atom stereocenters. The van der Waals surface area contributed by atoms with Crippen molar-refractivity contribution in [2.45, 2.75) is 20.8 Å². The molecule has 0 aliphatic heterocycles. The van der Waals surface area contributed by atoms with Crippen molar-refractivity contribution in [3.05, 3.63) is 33.9 Å². The lowest BCUT2D eigenvalue weighted by Gasteiger charge is -2.03. The van der Waals surface area contributed by atoms with Crippen molar-refractivity contribution in [1.29, 1.82) is 5.26 Å². The maximum atomic E-state index is 11.5. The fourth-order valence-corrected chi connectivity index (χ4v) is 2.10. The number of aryl methyl sites for hydroxylation is 2. The first-order chi connectivity index (χ1) is 9.42. The maximum Gasteiger partial charge on any atom is 0.217 e. The molecule has 0 saturated heterocycles. The van der Waals surface area contributed by atoms with E-state index in [9.17, 15) is 10.1 Å². The molecule has 1 N–H and O–H groups in total. The molecule has 7 heteroatoms. The summed E-state index contributed by atoms with van der Waals surface area (Å²) in [6.07, 6.45) is 0. The van der Waals surface area contributed by atoms with Crippen LogP contribution in [0.4, 0.5) is 11.7 Å². The summed E-state index contributed by atoms with van der Waals surface area (Å²) in [6, 6.07) is 3.46. The summed E-state index contributed by atoms with van der Waals surface area (Å²) in [6.45, 7) is 4.70. The summed E-state index contributed by atoms with van der Waals surface area (Å²) >= 11 is 5.84. The maximum absolute atomic E-state index is 11.5. The molecule has 0 aliphatic rings. The SMILES string of the molecule is CC(=O)c1c(C)oc(Nc2cc(Cl)nc(C)n2)c1C#N. The lowest BCUT2D eigenvalue weighted by molar-refractivity contribution is 0.101. The largest absolute Gasteiger partial charge is 0.443 e. The summed E-state index contributed by atoms with van der Waals surface area (Å²) in [5, 5.41) is 12.3. The van der Waals surface area contributed by atoms with Gasteiger partial charge in [0.05, 0.1) is 5.56 Å². The summed E-state index contributed by atoms with van der Waals surface area (Å²) in [5.41, 5.74) is 0.425. The minimum Gasteiger partial charge on any atom is -0.443 e. The van der Waals surface area contributed by atoms with Crippen molar-refractivity contribution in [2.24, 2.45) is 0 Å². The molecule has 102 valence electrons. The van der Waals surface area contributed by atoms with Gasteiger partial charge >= 0.3 is 0 Å². The molecule has 2 aromatic rings. The Morgan fingerprint density at radius 1 is 1.45 bits per heavy atom. The fraction of sp³-hybridized carbons (Fsp3) is 0.231. The molecule has 0 saturated carbocycles. The van der Waals surface area contributed by atoms with E-state index in [0.29, 0.717) is 17.4 Å². The molecule has 0 atom stereocenters. The Hall–Kier alpha value is -2.39. The number of nitrogens with zero attached hydrogens (tertiary/aromatic N) is 3.